The fourth-order valence-corrected chi connectivity index (χ4v) is 2.34. The summed E-state index contributed by atoms with van der Waals surface area (Å²) in [6.45, 7) is 1.46. The molecule has 0 bridgehead atoms. The first-order valence-corrected chi connectivity index (χ1v) is 7.38. The second-order valence-corrected chi connectivity index (χ2v) is 5.27. The molecule has 0 unspecified atom stereocenters. The normalized spacial score (nSPS) is 31.8. The molecule has 0 aromatic carbocycles. The van der Waals surface area contributed by atoms with Crippen molar-refractivity contribution in [3.63, 3.8) is 0 Å². The molecule has 1 aliphatic rings. The Kier molecular flexibility index (Phi) is 7.91. The zero-order chi connectivity index (χ0) is 16.7. The summed E-state index contributed by atoms with van der Waals surface area (Å²) in [4.78, 5) is 23.0. The van der Waals surface area contributed by atoms with Crippen LogP contribution in [0.15, 0.2) is 0 Å². The zero-order valence-corrected chi connectivity index (χ0v) is 12.6. The maximum absolute atomic E-state index is 11.8. The summed E-state index contributed by atoms with van der Waals surface area (Å²) < 4.78 is 9.99. The fraction of sp³-hybridized carbons (Fsp3) is 0.857. The minimum atomic E-state index is -1.48. The number of aliphatic hydroxyl groups is 4. The maximum Gasteiger partial charge on any atom is 0.305 e. The monoisotopic (exact) mass is 320 g/mol. The topological polar surface area (TPSA) is 134 Å². The second-order valence-electron chi connectivity index (χ2n) is 5.27. The smallest absolute Gasteiger partial charge is 0.305 e. The summed E-state index contributed by atoms with van der Waals surface area (Å²) in [5.41, 5.74) is 0. The Morgan fingerprint density at radius 3 is 2.27 bits per heavy atom. The molecule has 0 amide bonds. The third-order valence-corrected chi connectivity index (χ3v) is 3.56. The first-order chi connectivity index (χ1) is 10.4. The summed E-state index contributed by atoms with van der Waals surface area (Å²) in [5.74, 6) is -0.614. The highest BCUT2D eigenvalue weighted by Crippen LogP contribution is 2.23. The van der Waals surface area contributed by atoms with Gasteiger partial charge in [-0.3, -0.25) is 9.59 Å². The van der Waals surface area contributed by atoms with Crippen molar-refractivity contribution in [3.05, 3.63) is 0 Å². The summed E-state index contributed by atoms with van der Waals surface area (Å²) in [6.07, 6.45) is -5.92. The predicted octanol–water partition coefficient (Wildman–Crippen LogP) is -1.48. The van der Waals surface area contributed by atoms with Gasteiger partial charge in [-0.25, -0.2) is 0 Å². The lowest BCUT2D eigenvalue weighted by molar-refractivity contribution is -0.229. The van der Waals surface area contributed by atoms with Crippen LogP contribution in [0.1, 0.15) is 32.6 Å². The largest absolute Gasteiger partial charge is 0.466 e. The third-order valence-electron chi connectivity index (χ3n) is 3.56. The molecule has 8 nitrogen and oxygen atoms in total. The molecule has 8 heteroatoms. The highest BCUT2D eigenvalue weighted by atomic mass is 16.5. The number of esters is 1. The van der Waals surface area contributed by atoms with Gasteiger partial charge in [0.15, 0.2) is 0 Å². The molecular formula is C14H24O8. The second kappa shape index (κ2) is 9.16. The number of hydrogen-bond donors (Lipinski definition) is 4. The highest BCUT2D eigenvalue weighted by molar-refractivity contribution is 5.79. The number of aliphatic hydroxyl groups excluding tert-OH is 4. The molecule has 0 spiro atoms. The highest BCUT2D eigenvalue weighted by Gasteiger charge is 2.43. The quantitative estimate of drug-likeness (QED) is 0.398. The number of ether oxygens (including phenoxy) is 2. The van der Waals surface area contributed by atoms with Crippen molar-refractivity contribution in [2.75, 3.05) is 13.2 Å². The molecule has 5 atom stereocenters. The predicted molar refractivity (Wildman–Crippen MR) is 73.9 cm³/mol. The van der Waals surface area contributed by atoms with E-state index < -0.39 is 37.1 Å². The molecule has 0 radical (unpaired) electrons. The van der Waals surface area contributed by atoms with Crippen molar-refractivity contribution in [1.29, 1.82) is 0 Å². The van der Waals surface area contributed by atoms with E-state index in [-0.39, 0.29) is 37.6 Å². The van der Waals surface area contributed by atoms with Crippen molar-refractivity contribution in [2.24, 2.45) is 0 Å². The number of carbonyl (C=O) groups excluding carboxylic acids is 2. The molecule has 22 heavy (non-hydrogen) atoms. The molecule has 1 heterocycles. The van der Waals surface area contributed by atoms with E-state index in [1.807, 2.05) is 0 Å². The average Bonchev–Trinajstić information content (AvgIpc) is 2.48. The van der Waals surface area contributed by atoms with E-state index in [0.717, 1.165) is 0 Å². The molecule has 4 N–H and O–H groups in total. The van der Waals surface area contributed by atoms with Crippen LogP contribution in [0, 0.1) is 0 Å². The Hall–Kier alpha value is -1.06. The van der Waals surface area contributed by atoms with Crippen LogP contribution in [0.5, 0.6) is 0 Å². The Bertz CT molecular complexity index is 370. The Morgan fingerprint density at radius 2 is 1.68 bits per heavy atom. The van der Waals surface area contributed by atoms with Crippen LogP contribution in [0.25, 0.3) is 0 Å². The van der Waals surface area contributed by atoms with Crippen LogP contribution in [0.2, 0.25) is 0 Å². The van der Waals surface area contributed by atoms with Gasteiger partial charge in [0.05, 0.1) is 19.3 Å². The van der Waals surface area contributed by atoms with E-state index in [9.17, 15) is 24.9 Å². The van der Waals surface area contributed by atoms with Crippen molar-refractivity contribution in [2.45, 2.75) is 63.1 Å². The number of rotatable bonds is 8. The van der Waals surface area contributed by atoms with E-state index in [1.165, 1.54) is 0 Å². The summed E-state index contributed by atoms with van der Waals surface area (Å²) in [5, 5.41) is 38.1. The van der Waals surface area contributed by atoms with Crippen molar-refractivity contribution in [1.82, 2.24) is 0 Å². The van der Waals surface area contributed by atoms with E-state index in [4.69, 9.17) is 14.6 Å². The minimum Gasteiger partial charge on any atom is -0.466 e. The lowest BCUT2D eigenvalue weighted by Gasteiger charge is -2.39. The molecule has 1 saturated heterocycles. The van der Waals surface area contributed by atoms with Gasteiger partial charge in [0.2, 0.25) is 0 Å². The average molecular weight is 320 g/mol. The van der Waals surface area contributed by atoms with E-state index in [1.54, 1.807) is 6.92 Å². The van der Waals surface area contributed by atoms with Gasteiger partial charge in [-0.05, 0) is 13.3 Å². The zero-order valence-electron chi connectivity index (χ0n) is 12.6. The van der Waals surface area contributed by atoms with E-state index >= 15 is 0 Å². The molecule has 1 rings (SSSR count). The van der Waals surface area contributed by atoms with Gasteiger partial charge in [-0.2, -0.15) is 0 Å². The van der Waals surface area contributed by atoms with Crippen molar-refractivity contribution < 1.29 is 39.5 Å². The van der Waals surface area contributed by atoms with Crippen molar-refractivity contribution >= 4 is 11.8 Å². The molecule has 1 fully saturated rings. The standard InChI is InChI=1S/C14H24O8/c1-2-21-11(17)5-3-4-8(16)6-9-12(18)14(20)13(19)10(7-15)22-9/h9-10,12-15,18-20H,2-7H2,1H3/t9-,10+,12-,13+,14+/m0/s1. The molecule has 0 saturated carbocycles. The van der Waals surface area contributed by atoms with Gasteiger partial charge in [-0.1, -0.05) is 0 Å². The van der Waals surface area contributed by atoms with Crippen LogP contribution >= 0.6 is 0 Å². The SMILES string of the molecule is CCOC(=O)CCCC(=O)C[C@@H]1O[C@H](CO)[C@@H](O)[C@H](O)[C@H]1O. The molecule has 1 aliphatic heterocycles. The number of ketones is 1. The van der Waals surface area contributed by atoms with Gasteiger partial charge in [0.25, 0.3) is 0 Å². The van der Waals surface area contributed by atoms with Gasteiger partial charge in [0.1, 0.15) is 30.2 Å². The first-order valence-electron chi connectivity index (χ1n) is 7.38. The van der Waals surface area contributed by atoms with Gasteiger partial charge >= 0.3 is 5.97 Å². The Balaban J connectivity index is 2.41. The van der Waals surface area contributed by atoms with Gasteiger partial charge < -0.3 is 29.9 Å². The van der Waals surface area contributed by atoms with Crippen LogP contribution in [-0.2, 0) is 19.1 Å². The molecule has 128 valence electrons. The molecular weight excluding hydrogens is 296 g/mol. The van der Waals surface area contributed by atoms with Crippen LogP contribution in [-0.4, -0.2) is 75.9 Å². The van der Waals surface area contributed by atoms with Crippen molar-refractivity contribution in [3.8, 4) is 0 Å². The molecule has 0 aromatic rings. The number of carbonyl (C=O) groups is 2. The fourth-order valence-electron chi connectivity index (χ4n) is 2.34. The molecule has 0 aromatic heterocycles. The van der Waals surface area contributed by atoms with E-state index in [2.05, 4.69) is 0 Å². The van der Waals surface area contributed by atoms with Crippen LogP contribution in [0.3, 0.4) is 0 Å². The van der Waals surface area contributed by atoms with E-state index in [0.29, 0.717) is 6.42 Å². The maximum atomic E-state index is 11.8. The number of hydrogen-bond acceptors (Lipinski definition) is 8. The summed E-state index contributed by atoms with van der Waals surface area (Å²) in [7, 11) is 0. The van der Waals surface area contributed by atoms with Crippen LogP contribution in [0.4, 0.5) is 0 Å². The van der Waals surface area contributed by atoms with Gasteiger partial charge in [0, 0.05) is 19.3 Å². The Labute approximate surface area is 128 Å². The first kappa shape index (κ1) is 19.0. The molecule has 0 aliphatic carbocycles. The Morgan fingerprint density at radius 1 is 1.05 bits per heavy atom. The van der Waals surface area contributed by atoms with Crippen LogP contribution < -0.4 is 0 Å². The van der Waals surface area contributed by atoms with Gasteiger partial charge in [-0.15, -0.1) is 0 Å². The lowest BCUT2D eigenvalue weighted by atomic mass is 9.92. The summed E-state index contributed by atoms with van der Waals surface area (Å²) in [6, 6.07) is 0. The number of Topliss-reactive ketones (excluding diaryl/α,β-unsaturated/α-hetero) is 1. The lowest BCUT2D eigenvalue weighted by Crippen LogP contribution is -2.58. The summed E-state index contributed by atoms with van der Waals surface area (Å²) >= 11 is 0. The third kappa shape index (κ3) is 5.29. The minimum absolute atomic E-state index is 0.119.